The van der Waals surface area contributed by atoms with E-state index in [1.54, 1.807) is 0 Å². The van der Waals surface area contributed by atoms with Gasteiger partial charge in [0.2, 0.25) is 0 Å². The van der Waals surface area contributed by atoms with Gasteiger partial charge in [0, 0.05) is 11.1 Å². The number of rotatable bonds is 6. The van der Waals surface area contributed by atoms with Crippen molar-refractivity contribution in [1.82, 2.24) is 5.32 Å². The lowest BCUT2D eigenvalue weighted by Gasteiger charge is -2.16. The van der Waals surface area contributed by atoms with Gasteiger partial charge in [-0.25, -0.2) is 0 Å². The highest BCUT2D eigenvalue weighted by Crippen LogP contribution is 2.19. The number of nitrogens with one attached hydrogen (secondary N) is 1. The number of benzene rings is 2. The lowest BCUT2D eigenvalue weighted by Crippen LogP contribution is -2.16. The smallest absolute Gasteiger partial charge is 0.0406 e. The van der Waals surface area contributed by atoms with Crippen LogP contribution >= 0.6 is 11.6 Å². The molecule has 1 N–H and O–H groups in total. The minimum absolute atomic E-state index is 0.438. The van der Waals surface area contributed by atoms with Gasteiger partial charge in [0.1, 0.15) is 0 Å². The molecule has 2 aromatic carbocycles. The van der Waals surface area contributed by atoms with E-state index in [4.69, 9.17) is 11.6 Å². The van der Waals surface area contributed by atoms with Crippen molar-refractivity contribution in [2.45, 2.75) is 25.3 Å². The van der Waals surface area contributed by atoms with Gasteiger partial charge in [0.15, 0.2) is 0 Å². The summed E-state index contributed by atoms with van der Waals surface area (Å²) in [5.74, 6) is 0. The van der Waals surface area contributed by atoms with E-state index in [1.165, 1.54) is 17.5 Å². The predicted octanol–water partition coefficient (Wildman–Crippen LogP) is 4.62. The van der Waals surface area contributed by atoms with Crippen molar-refractivity contribution in [3.63, 3.8) is 0 Å². The molecule has 0 saturated heterocycles. The van der Waals surface area contributed by atoms with Crippen LogP contribution < -0.4 is 5.32 Å². The van der Waals surface area contributed by atoms with Gasteiger partial charge >= 0.3 is 0 Å². The van der Waals surface area contributed by atoms with Crippen LogP contribution in [0.4, 0.5) is 0 Å². The van der Waals surface area contributed by atoms with Crippen molar-refractivity contribution in [1.29, 1.82) is 0 Å². The van der Waals surface area contributed by atoms with Crippen LogP contribution in [-0.4, -0.2) is 7.05 Å². The summed E-state index contributed by atoms with van der Waals surface area (Å²) in [6.07, 6.45) is 3.41. The summed E-state index contributed by atoms with van der Waals surface area (Å²) < 4.78 is 0. The zero-order valence-electron chi connectivity index (χ0n) is 11.3. The molecule has 1 unspecified atom stereocenters. The molecule has 0 spiro atoms. The molecule has 0 aliphatic carbocycles. The van der Waals surface area contributed by atoms with E-state index >= 15 is 0 Å². The number of hydrogen-bond donors (Lipinski definition) is 1. The Morgan fingerprint density at radius 2 is 1.68 bits per heavy atom. The van der Waals surface area contributed by atoms with Crippen molar-refractivity contribution < 1.29 is 0 Å². The first kappa shape index (κ1) is 14.1. The fourth-order valence-electron chi connectivity index (χ4n) is 2.32. The van der Waals surface area contributed by atoms with Crippen molar-refractivity contribution in [3.8, 4) is 0 Å². The molecule has 19 heavy (non-hydrogen) atoms. The van der Waals surface area contributed by atoms with E-state index in [0.29, 0.717) is 6.04 Å². The molecular weight excluding hydrogens is 254 g/mol. The minimum Gasteiger partial charge on any atom is -0.313 e. The Balaban J connectivity index is 1.85. The highest BCUT2D eigenvalue weighted by molar-refractivity contribution is 6.30. The summed E-state index contributed by atoms with van der Waals surface area (Å²) in [4.78, 5) is 0. The zero-order chi connectivity index (χ0) is 13.5. The molecular formula is C17H20ClN. The Kier molecular flexibility index (Phi) is 5.44. The number of aryl methyl sites for hydroxylation is 1. The molecule has 2 rings (SSSR count). The first-order chi connectivity index (χ1) is 9.29. The molecule has 0 fully saturated rings. The van der Waals surface area contributed by atoms with Gasteiger partial charge in [-0.3, -0.25) is 0 Å². The van der Waals surface area contributed by atoms with Crippen LogP contribution in [0.1, 0.15) is 30.0 Å². The van der Waals surface area contributed by atoms with Gasteiger partial charge in [-0.05, 0) is 49.6 Å². The minimum atomic E-state index is 0.438. The Bertz CT molecular complexity index is 478. The van der Waals surface area contributed by atoms with E-state index < -0.39 is 0 Å². The normalized spacial score (nSPS) is 12.3. The van der Waals surface area contributed by atoms with Crippen LogP contribution in [0.25, 0.3) is 0 Å². The standard InChI is InChI=1S/C17H20ClN/c1-19-17(15-7-3-2-4-8-15)9-5-6-14-10-12-16(18)13-11-14/h2-4,7-8,10-13,17,19H,5-6,9H2,1H3. The highest BCUT2D eigenvalue weighted by atomic mass is 35.5. The van der Waals surface area contributed by atoms with Crippen molar-refractivity contribution >= 4 is 11.6 Å². The third kappa shape index (κ3) is 4.38. The van der Waals surface area contributed by atoms with Crippen LogP contribution in [0.5, 0.6) is 0 Å². The van der Waals surface area contributed by atoms with Crippen LogP contribution in [0.3, 0.4) is 0 Å². The molecule has 0 aliphatic rings. The first-order valence-electron chi connectivity index (χ1n) is 6.76. The molecule has 0 heterocycles. The zero-order valence-corrected chi connectivity index (χ0v) is 12.0. The van der Waals surface area contributed by atoms with Crippen molar-refractivity contribution in [2.75, 3.05) is 7.05 Å². The summed E-state index contributed by atoms with van der Waals surface area (Å²) in [6.45, 7) is 0. The summed E-state index contributed by atoms with van der Waals surface area (Å²) in [5, 5.41) is 4.20. The maximum atomic E-state index is 5.89. The van der Waals surface area contributed by atoms with Crippen LogP contribution in [-0.2, 0) is 6.42 Å². The number of hydrogen-bond acceptors (Lipinski definition) is 1. The monoisotopic (exact) mass is 273 g/mol. The van der Waals surface area contributed by atoms with E-state index in [1.807, 2.05) is 19.2 Å². The van der Waals surface area contributed by atoms with E-state index in [2.05, 4.69) is 47.8 Å². The topological polar surface area (TPSA) is 12.0 Å². The van der Waals surface area contributed by atoms with Gasteiger partial charge in [-0.2, -0.15) is 0 Å². The van der Waals surface area contributed by atoms with Gasteiger partial charge in [-0.1, -0.05) is 54.1 Å². The molecule has 1 nitrogen and oxygen atoms in total. The van der Waals surface area contributed by atoms with Gasteiger partial charge in [0.25, 0.3) is 0 Å². The molecule has 2 heteroatoms. The molecule has 100 valence electrons. The third-order valence-electron chi connectivity index (χ3n) is 3.42. The van der Waals surface area contributed by atoms with E-state index in [9.17, 15) is 0 Å². The maximum absolute atomic E-state index is 5.89. The quantitative estimate of drug-likeness (QED) is 0.810. The SMILES string of the molecule is CNC(CCCc1ccc(Cl)cc1)c1ccccc1. The summed E-state index contributed by atoms with van der Waals surface area (Å²) >= 11 is 5.89. The van der Waals surface area contributed by atoms with Crippen molar-refractivity contribution in [3.05, 3.63) is 70.7 Å². The highest BCUT2D eigenvalue weighted by Gasteiger charge is 2.07. The van der Waals surface area contributed by atoms with Crippen LogP contribution in [0.15, 0.2) is 54.6 Å². The van der Waals surface area contributed by atoms with Gasteiger partial charge in [-0.15, -0.1) is 0 Å². The largest absolute Gasteiger partial charge is 0.313 e. The fraction of sp³-hybridized carbons (Fsp3) is 0.294. The molecule has 0 bridgehead atoms. The van der Waals surface area contributed by atoms with Gasteiger partial charge < -0.3 is 5.32 Å². The summed E-state index contributed by atoms with van der Waals surface area (Å²) in [5.41, 5.74) is 2.72. The number of halogens is 1. The molecule has 1 atom stereocenters. The lowest BCUT2D eigenvalue weighted by molar-refractivity contribution is 0.527. The molecule has 2 aromatic rings. The Morgan fingerprint density at radius 3 is 2.32 bits per heavy atom. The Hall–Kier alpha value is -1.31. The predicted molar refractivity (Wildman–Crippen MR) is 82.6 cm³/mol. The van der Waals surface area contributed by atoms with Crippen LogP contribution in [0.2, 0.25) is 5.02 Å². The Labute approximate surface area is 120 Å². The molecule has 0 radical (unpaired) electrons. The van der Waals surface area contributed by atoms with E-state index in [0.717, 1.165) is 17.9 Å². The second-order valence-electron chi connectivity index (χ2n) is 4.77. The Morgan fingerprint density at radius 1 is 1.00 bits per heavy atom. The first-order valence-corrected chi connectivity index (χ1v) is 7.14. The fourth-order valence-corrected chi connectivity index (χ4v) is 2.45. The summed E-state index contributed by atoms with van der Waals surface area (Å²) in [7, 11) is 2.03. The second-order valence-corrected chi connectivity index (χ2v) is 5.21. The summed E-state index contributed by atoms with van der Waals surface area (Å²) in [6, 6.07) is 19.2. The molecule has 0 saturated carbocycles. The molecule has 0 aromatic heterocycles. The van der Waals surface area contributed by atoms with Crippen molar-refractivity contribution in [2.24, 2.45) is 0 Å². The van der Waals surface area contributed by atoms with Crippen LogP contribution in [0, 0.1) is 0 Å². The lowest BCUT2D eigenvalue weighted by atomic mass is 9.99. The second kappa shape index (κ2) is 7.32. The average molecular weight is 274 g/mol. The molecule has 0 amide bonds. The van der Waals surface area contributed by atoms with Gasteiger partial charge in [0.05, 0.1) is 0 Å². The van der Waals surface area contributed by atoms with E-state index in [-0.39, 0.29) is 0 Å². The average Bonchev–Trinajstić information content (AvgIpc) is 2.46. The molecule has 0 aliphatic heterocycles. The maximum Gasteiger partial charge on any atom is 0.0406 e. The third-order valence-corrected chi connectivity index (χ3v) is 3.67.